The molecule has 0 atom stereocenters. The van der Waals surface area contributed by atoms with Crippen LogP contribution in [-0.2, 0) is 27.2 Å². The highest BCUT2D eigenvalue weighted by molar-refractivity contribution is 5.45. The minimum atomic E-state index is 0.628. The number of anilines is 1. The first-order valence-electron chi connectivity index (χ1n) is 7.53. The number of hydrogen-bond acceptors (Lipinski definition) is 5. The first-order valence-corrected chi connectivity index (χ1v) is 7.53. The molecule has 0 bridgehead atoms. The zero-order chi connectivity index (χ0) is 14.9. The van der Waals surface area contributed by atoms with Crippen LogP contribution in [0.4, 0.5) is 5.69 Å². The van der Waals surface area contributed by atoms with Gasteiger partial charge in [0.15, 0.2) is 0 Å². The van der Waals surface area contributed by atoms with E-state index in [1.807, 2.05) is 6.07 Å². The van der Waals surface area contributed by atoms with Gasteiger partial charge in [-0.05, 0) is 29.7 Å². The quantitative estimate of drug-likeness (QED) is 0.550. The van der Waals surface area contributed by atoms with Crippen LogP contribution in [0.25, 0.3) is 0 Å². The third-order valence-corrected chi connectivity index (χ3v) is 3.68. The molecule has 2 N–H and O–H groups in total. The van der Waals surface area contributed by atoms with Crippen molar-refractivity contribution in [2.24, 2.45) is 0 Å². The summed E-state index contributed by atoms with van der Waals surface area (Å²) in [5.41, 5.74) is 9.47. The molecule has 0 radical (unpaired) electrons. The Bertz CT molecular complexity index is 426. The molecule has 5 nitrogen and oxygen atoms in total. The largest absolute Gasteiger partial charge is 0.399 e. The van der Waals surface area contributed by atoms with Crippen molar-refractivity contribution in [3.63, 3.8) is 0 Å². The van der Waals surface area contributed by atoms with E-state index < -0.39 is 0 Å². The van der Waals surface area contributed by atoms with Gasteiger partial charge in [0.1, 0.15) is 0 Å². The Morgan fingerprint density at radius 2 is 1.81 bits per heavy atom. The molecule has 0 aliphatic carbocycles. The van der Waals surface area contributed by atoms with E-state index in [4.69, 9.17) is 19.9 Å². The van der Waals surface area contributed by atoms with E-state index in [1.165, 1.54) is 11.1 Å². The molecule has 0 fully saturated rings. The van der Waals surface area contributed by atoms with Crippen molar-refractivity contribution in [2.75, 3.05) is 59.0 Å². The van der Waals surface area contributed by atoms with Crippen LogP contribution in [0.5, 0.6) is 0 Å². The summed E-state index contributed by atoms with van der Waals surface area (Å²) in [5, 5.41) is 0. The normalized spacial score (nSPS) is 15.1. The Morgan fingerprint density at radius 3 is 2.62 bits per heavy atom. The molecule has 1 heterocycles. The fraction of sp³-hybridized carbons (Fsp3) is 0.625. The van der Waals surface area contributed by atoms with E-state index in [-0.39, 0.29) is 0 Å². The highest BCUT2D eigenvalue weighted by Crippen LogP contribution is 2.20. The lowest BCUT2D eigenvalue weighted by atomic mass is 9.99. The van der Waals surface area contributed by atoms with Crippen molar-refractivity contribution in [2.45, 2.75) is 13.0 Å². The molecule has 0 aromatic heterocycles. The summed E-state index contributed by atoms with van der Waals surface area (Å²) < 4.78 is 15.8. The van der Waals surface area contributed by atoms with Gasteiger partial charge in [-0.2, -0.15) is 0 Å². The van der Waals surface area contributed by atoms with Crippen molar-refractivity contribution >= 4 is 5.69 Å². The van der Waals surface area contributed by atoms with Gasteiger partial charge in [-0.1, -0.05) is 6.07 Å². The Kier molecular flexibility index (Phi) is 6.95. The minimum absolute atomic E-state index is 0.628. The summed E-state index contributed by atoms with van der Waals surface area (Å²) in [5.74, 6) is 0. The summed E-state index contributed by atoms with van der Waals surface area (Å²) in [6.07, 6.45) is 1.09. The Morgan fingerprint density at radius 1 is 1.05 bits per heavy atom. The maximum absolute atomic E-state index is 5.85. The fourth-order valence-corrected chi connectivity index (χ4v) is 2.48. The second kappa shape index (κ2) is 9.00. The third kappa shape index (κ3) is 5.63. The summed E-state index contributed by atoms with van der Waals surface area (Å²) in [7, 11) is 1.67. The van der Waals surface area contributed by atoms with E-state index in [1.54, 1.807) is 7.11 Å². The Balaban J connectivity index is 1.58. The van der Waals surface area contributed by atoms with Crippen LogP contribution in [0.15, 0.2) is 18.2 Å². The SMILES string of the molecule is COCCOCCOCCN1CCc2ccc(N)cc2C1. The number of ether oxygens (including phenoxy) is 3. The molecule has 1 aromatic rings. The molecule has 1 aliphatic heterocycles. The smallest absolute Gasteiger partial charge is 0.0701 e. The van der Waals surface area contributed by atoms with Crippen molar-refractivity contribution in [1.29, 1.82) is 0 Å². The van der Waals surface area contributed by atoms with E-state index in [0.29, 0.717) is 26.4 Å². The molecule has 1 aliphatic rings. The highest BCUT2D eigenvalue weighted by atomic mass is 16.5. The maximum Gasteiger partial charge on any atom is 0.0701 e. The van der Waals surface area contributed by atoms with Crippen molar-refractivity contribution in [3.05, 3.63) is 29.3 Å². The molecule has 0 saturated carbocycles. The molecular weight excluding hydrogens is 268 g/mol. The molecular formula is C16H26N2O3. The number of methoxy groups -OCH3 is 1. The minimum Gasteiger partial charge on any atom is -0.399 e. The second-order valence-corrected chi connectivity index (χ2v) is 5.27. The van der Waals surface area contributed by atoms with Gasteiger partial charge in [0.25, 0.3) is 0 Å². The lowest BCUT2D eigenvalue weighted by Gasteiger charge is -2.28. The number of fused-ring (bicyclic) bond motifs is 1. The Labute approximate surface area is 127 Å². The first-order chi connectivity index (χ1) is 10.3. The molecule has 0 saturated heterocycles. The number of nitrogens with zero attached hydrogens (tertiary/aromatic N) is 1. The number of benzene rings is 1. The molecule has 0 unspecified atom stereocenters. The van der Waals surface area contributed by atoms with Crippen LogP contribution in [-0.4, -0.2) is 58.1 Å². The fourth-order valence-electron chi connectivity index (χ4n) is 2.48. The second-order valence-electron chi connectivity index (χ2n) is 5.27. The average Bonchev–Trinajstić information content (AvgIpc) is 2.49. The monoisotopic (exact) mass is 294 g/mol. The highest BCUT2D eigenvalue weighted by Gasteiger charge is 2.15. The van der Waals surface area contributed by atoms with Gasteiger partial charge >= 0.3 is 0 Å². The standard InChI is InChI=1S/C16H26N2O3/c1-19-8-9-21-11-10-20-7-6-18-5-4-14-2-3-16(17)12-15(14)13-18/h2-3,12H,4-11,13,17H2,1H3. The van der Waals surface area contributed by atoms with Crippen molar-refractivity contribution < 1.29 is 14.2 Å². The van der Waals surface area contributed by atoms with E-state index in [9.17, 15) is 0 Å². The van der Waals surface area contributed by atoms with Crippen LogP contribution in [0.2, 0.25) is 0 Å². The number of rotatable bonds is 9. The molecule has 118 valence electrons. The Hall–Kier alpha value is -1.14. The molecule has 0 spiro atoms. The van der Waals surface area contributed by atoms with Gasteiger partial charge in [-0.25, -0.2) is 0 Å². The van der Waals surface area contributed by atoms with E-state index in [2.05, 4.69) is 17.0 Å². The maximum atomic E-state index is 5.85. The van der Waals surface area contributed by atoms with Crippen molar-refractivity contribution in [1.82, 2.24) is 4.90 Å². The summed E-state index contributed by atoms with van der Waals surface area (Å²) >= 11 is 0. The van der Waals surface area contributed by atoms with E-state index >= 15 is 0 Å². The summed E-state index contributed by atoms with van der Waals surface area (Å²) in [6.45, 7) is 6.28. The number of hydrogen-bond donors (Lipinski definition) is 1. The van der Waals surface area contributed by atoms with Gasteiger partial charge in [-0.15, -0.1) is 0 Å². The predicted molar refractivity (Wildman–Crippen MR) is 83.3 cm³/mol. The molecule has 2 rings (SSSR count). The lowest BCUT2D eigenvalue weighted by Crippen LogP contribution is -2.33. The van der Waals surface area contributed by atoms with Crippen LogP contribution in [0.1, 0.15) is 11.1 Å². The van der Waals surface area contributed by atoms with Crippen LogP contribution in [0.3, 0.4) is 0 Å². The van der Waals surface area contributed by atoms with Crippen LogP contribution in [0, 0.1) is 0 Å². The zero-order valence-electron chi connectivity index (χ0n) is 12.8. The number of nitrogens with two attached hydrogens (primary N) is 1. The number of nitrogen functional groups attached to an aromatic ring is 1. The van der Waals surface area contributed by atoms with Gasteiger partial charge in [0, 0.05) is 32.4 Å². The van der Waals surface area contributed by atoms with Gasteiger partial charge in [0.2, 0.25) is 0 Å². The molecule has 1 aromatic carbocycles. The average molecular weight is 294 g/mol. The molecule has 5 heteroatoms. The van der Waals surface area contributed by atoms with Gasteiger partial charge in [0.05, 0.1) is 33.0 Å². The van der Waals surface area contributed by atoms with Gasteiger partial charge < -0.3 is 19.9 Å². The summed E-state index contributed by atoms with van der Waals surface area (Å²) in [4.78, 5) is 2.41. The van der Waals surface area contributed by atoms with E-state index in [0.717, 1.165) is 38.3 Å². The topological polar surface area (TPSA) is 57.0 Å². The summed E-state index contributed by atoms with van der Waals surface area (Å²) in [6, 6.07) is 6.23. The van der Waals surface area contributed by atoms with Crippen molar-refractivity contribution in [3.8, 4) is 0 Å². The van der Waals surface area contributed by atoms with Crippen LogP contribution >= 0.6 is 0 Å². The van der Waals surface area contributed by atoms with Gasteiger partial charge in [-0.3, -0.25) is 4.90 Å². The lowest BCUT2D eigenvalue weighted by molar-refractivity contribution is 0.0187. The van der Waals surface area contributed by atoms with Crippen LogP contribution < -0.4 is 5.73 Å². The molecule has 21 heavy (non-hydrogen) atoms. The first kappa shape index (κ1) is 16.2. The third-order valence-electron chi connectivity index (χ3n) is 3.68. The zero-order valence-corrected chi connectivity index (χ0v) is 12.8. The predicted octanol–water partition coefficient (Wildman–Crippen LogP) is 1.31. The molecule has 0 amide bonds.